The second-order valence-corrected chi connectivity index (χ2v) is 4.34. The van der Waals surface area contributed by atoms with Crippen LogP contribution in [0.3, 0.4) is 0 Å². The van der Waals surface area contributed by atoms with Crippen molar-refractivity contribution < 1.29 is 4.39 Å². The Balaban J connectivity index is 2.15. The lowest BCUT2D eigenvalue weighted by Crippen LogP contribution is -2.04. The molecule has 0 saturated carbocycles. The molecule has 2 rings (SSSR count). The average Bonchev–Trinajstić information content (AvgIpc) is 2.54. The van der Waals surface area contributed by atoms with Crippen LogP contribution >= 0.6 is 23.4 Å². The van der Waals surface area contributed by atoms with E-state index >= 15 is 0 Å². The molecule has 1 N–H and O–H groups in total. The van der Waals surface area contributed by atoms with Crippen molar-refractivity contribution in [2.24, 2.45) is 4.99 Å². The molecule has 1 aromatic rings. The number of benzene rings is 1. The van der Waals surface area contributed by atoms with Crippen LogP contribution in [0.5, 0.6) is 0 Å². The van der Waals surface area contributed by atoms with Gasteiger partial charge in [-0.05, 0) is 18.2 Å². The van der Waals surface area contributed by atoms with Crippen molar-refractivity contribution in [2.75, 3.05) is 17.6 Å². The number of halogens is 2. The van der Waals surface area contributed by atoms with E-state index in [1.54, 1.807) is 17.8 Å². The highest BCUT2D eigenvalue weighted by Gasteiger charge is 2.07. The van der Waals surface area contributed by atoms with Crippen molar-refractivity contribution in [3.8, 4) is 0 Å². The van der Waals surface area contributed by atoms with Crippen molar-refractivity contribution >= 4 is 34.2 Å². The van der Waals surface area contributed by atoms with E-state index in [-0.39, 0.29) is 5.82 Å². The number of amidine groups is 1. The van der Waals surface area contributed by atoms with Gasteiger partial charge in [0.15, 0.2) is 5.17 Å². The van der Waals surface area contributed by atoms with Gasteiger partial charge in [-0.2, -0.15) is 0 Å². The number of nitrogens with zero attached hydrogens (tertiary/aromatic N) is 1. The topological polar surface area (TPSA) is 24.4 Å². The summed E-state index contributed by atoms with van der Waals surface area (Å²) in [5.41, 5.74) is 0.642. The van der Waals surface area contributed by atoms with Crippen LogP contribution in [0.1, 0.15) is 0 Å². The largest absolute Gasteiger partial charge is 0.335 e. The molecule has 0 unspecified atom stereocenters. The fourth-order valence-corrected chi connectivity index (χ4v) is 2.13. The molecule has 74 valence electrons. The minimum absolute atomic E-state index is 0.344. The normalized spacial score (nSPS) is 15.4. The number of thioether (sulfide) groups is 1. The van der Waals surface area contributed by atoms with E-state index in [9.17, 15) is 4.39 Å². The second kappa shape index (κ2) is 4.19. The summed E-state index contributed by atoms with van der Waals surface area (Å²) in [6, 6.07) is 4.34. The van der Waals surface area contributed by atoms with E-state index in [4.69, 9.17) is 11.6 Å². The maximum absolute atomic E-state index is 12.9. The Morgan fingerprint density at radius 3 is 2.93 bits per heavy atom. The van der Waals surface area contributed by atoms with Gasteiger partial charge in [-0.3, -0.25) is 4.99 Å². The van der Waals surface area contributed by atoms with Gasteiger partial charge in [-0.1, -0.05) is 23.4 Å². The predicted octanol–water partition coefficient (Wildman–Crippen LogP) is 2.99. The van der Waals surface area contributed by atoms with E-state index < -0.39 is 0 Å². The van der Waals surface area contributed by atoms with Gasteiger partial charge in [0, 0.05) is 16.5 Å². The molecule has 2 nitrogen and oxygen atoms in total. The van der Waals surface area contributed by atoms with Crippen molar-refractivity contribution in [3.05, 3.63) is 29.0 Å². The lowest BCUT2D eigenvalue weighted by atomic mass is 10.3. The summed E-state index contributed by atoms with van der Waals surface area (Å²) >= 11 is 7.33. The first kappa shape index (κ1) is 9.80. The molecule has 0 spiro atoms. The Morgan fingerprint density at radius 1 is 1.43 bits per heavy atom. The van der Waals surface area contributed by atoms with E-state index in [0.717, 1.165) is 17.5 Å². The molecule has 0 bridgehead atoms. The van der Waals surface area contributed by atoms with Gasteiger partial charge in [-0.25, -0.2) is 4.39 Å². The molecular formula is C9H8ClFN2S. The minimum Gasteiger partial charge on any atom is -0.335 e. The highest BCUT2D eigenvalue weighted by Crippen LogP contribution is 2.20. The molecule has 0 saturated heterocycles. The molecule has 1 aliphatic heterocycles. The zero-order valence-electron chi connectivity index (χ0n) is 7.26. The summed E-state index contributed by atoms with van der Waals surface area (Å²) in [5, 5.41) is 4.22. The van der Waals surface area contributed by atoms with Gasteiger partial charge in [0.05, 0.1) is 6.54 Å². The molecule has 0 radical (unpaired) electrons. The standard InChI is InChI=1S/C9H8ClFN2S/c10-6-3-7(11)5-8(4-6)13-9-12-1-2-14-9/h3-5H,1-2H2,(H,12,13). The maximum Gasteiger partial charge on any atom is 0.161 e. The van der Waals surface area contributed by atoms with Crippen LogP contribution < -0.4 is 5.32 Å². The van der Waals surface area contributed by atoms with Crippen molar-refractivity contribution in [3.63, 3.8) is 0 Å². The van der Waals surface area contributed by atoms with E-state index in [1.807, 2.05) is 0 Å². The van der Waals surface area contributed by atoms with Crippen molar-refractivity contribution in [1.82, 2.24) is 0 Å². The summed E-state index contributed by atoms with van der Waals surface area (Å²) < 4.78 is 12.9. The fourth-order valence-electron chi connectivity index (χ4n) is 1.16. The van der Waals surface area contributed by atoms with E-state index in [0.29, 0.717) is 10.7 Å². The molecule has 0 amide bonds. The van der Waals surface area contributed by atoms with Gasteiger partial charge in [-0.15, -0.1) is 0 Å². The summed E-state index contributed by atoms with van der Waals surface area (Å²) in [6.45, 7) is 0.816. The maximum atomic E-state index is 12.9. The molecule has 0 aromatic heterocycles. The quantitative estimate of drug-likeness (QED) is 0.802. The third-order valence-corrected chi connectivity index (χ3v) is 2.81. The zero-order valence-corrected chi connectivity index (χ0v) is 8.83. The summed E-state index contributed by atoms with van der Waals surface area (Å²) in [6.07, 6.45) is 0. The van der Waals surface area contributed by atoms with Gasteiger partial charge in [0.1, 0.15) is 5.82 Å². The van der Waals surface area contributed by atoms with Crippen LogP contribution in [0.2, 0.25) is 5.02 Å². The fraction of sp³-hybridized carbons (Fsp3) is 0.222. The third kappa shape index (κ3) is 2.39. The van der Waals surface area contributed by atoms with Gasteiger partial charge in [0.2, 0.25) is 0 Å². The highest BCUT2D eigenvalue weighted by molar-refractivity contribution is 8.14. The number of hydrogen-bond acceptors (Lipinski definition) is 3. The van der Waals surface area contributed by atoms with Gasteiger partial charge >= 0.3 is 0 Å². The second-order valence-electron chi connectivity index (χ2n) is 2.82. The van der Waals surface area contributed by atoms with Crippen LogP contribution in [-0.2, 0) is 0 Å². The lowest BCUT2D eigenvalue weighted by Gasteiger charge is -2.05. The third-order valence-electron chi connectivity index (χ3n) is 1.70. The Labute approximate surface area is 90.6 Å². The predicted molar refractivity (Wildman–Crippen MR) is 59.8 cm³/mol. The lowest BCUT2D eigenvalue weighted by molar-refractivity contribution is 0.628. The van der Waals surface area contributed by atoms with Gasteiger partial charge < -0.3 is 5.32 Å². The Morgan fingerprint density at radius 2 is 2.29 bits per heavy atom. The zero-order chi connectivity index (χ0) is 9.97. The molecule has 0 aliphatic carbocycles. The van der Waals surface area contributed by atoms with E-state index in [2.05, 4.69) is 10.3 Å². The first-order chi connectivity index (χ1) is 6.74. The van der Waals surface area contributed by atoms with Crippen LogP contribution in [0, 0.1) is 5.82 Å². The summed E-state index contributed by atoms with van der Waals surface area (Å²) in [7, 11) is 0. The minimum atomic E-state index is -0.344. The molecule has 1 aromatic carbocycles. The van der Waals surface area contributed by atoms with E-state index in [1.165, 1.54) is 12.1 Å². The number of aliphatic imine (C=N–C) groups is 1. The molecule has 14 heavy (non-hydrogen) atoms. The molecule has 5 heteroatoms. The smallest absolute Gasteiger partial charge is 0.161 e. The monoisotopic (exact) mass is 230 g/mol. The highest BCUT2D eigenvalue weighted by atomic mass is 35.5. The average molecular weight is 231 g/mol. The summed E-state index contributed by atoms with van der Waals surface area (Å²) in [5.74, 6) is 0.634. The number of anilines is 1. The molecule has 1 aliphatic rings. The van der Waals surface area contributed by atoms with Crippen LogP contribution in [0.4, 0.5) is 10.1 Å². The Bertz CT molecular complexity index is 361. The number of hydrogen-bond donors (Lipinski definition) is 1. The molecule has 0 atom stereocenters. The molecular weight excluding hydrogens is 223 g/mol. The van der Waals surface area contributed by atoms with Crippen molar-refractivity contribution in [1.29, 1.82) is 0 Å². The first-order valence-corrected chi connectivity index (χ1v) is 5.51. The molecule has 0 fully saturated rings. The van der Waals surface area contributed by atoms with Gasteiger partial charge in [0.25, 0.3) is 0 Å². The number of nitrogens with one attached hydrogen (secondary N) is 1. The number of rotatable bonds is 1. The Hall–Kier alpha value is -0.740. The van der Waals surface area contributed by atoms with Crippen LogP contribution in [0.25, 0.3) is 0 Å². The van der Waals surface area contributed by atoms with Crippen molar-refractivity contribution in [2.45, 2.75) is 0 Å². The SMILES string of the molecule is Fc1cc(Cl)cc(NC2=NCCS2)c1. The van der Waals surface area contributed by atoms with Crippen LogP contribution in [0.15, 0.2) is 23.2 Å². The molecule has 1 heterocycles. The summed E-state index contributed by atoms with van der Waals surface area (Å²) in [4.78, 5) is 4.19. The first-order valence-electron chi connectivity index (χ1n) is 4.14. The van der Waals surface area contributed by atoms with Crippen LogP contribution in [-0.4, -0.2) is 17.5 Å². The Kier molecular flexibility index (Phi) is 2.93.